The number of carbonyl (C=O) groups is 3. The van der Waals surface area contributed by atoms with Gasteiger partial charge in [0.15, 0.2) is 0 Å². The van der Waals surface area contributed by atoms with E-state index >= 15 is 0 Å². The fourth-order valence-corrected chi connectivity index (χ4v) is 3.12. The molecule has 21 heavy (non-hydrogen) atoms. The number of nitrogens with zero attached hydrogens (tertiary/aromatic N) is 1. The molecule has 1 unspecified atom stereocenters. The van der Waals surface area contributed by atoms with Crippen molar-refractivity contribution >= 4 is 17.8 Å². The van der Waals surface area contributed by atoms with E-state index in [0.717, 1.165) is 11.3 Å². The first kappa shape index (κ1) is 14.4. The molecule has 0 aromatic rings. The highest BCUT2D eigenvalue weighted by molar-refractivity contribution is 6.06. The van der Waals surface area contributed by atoms with Gasteiger partial charge in [-0.3, -0.25) is 14.5 Å². The number of urea groups is 1. The topological polar surface area (TPSA) is 78.5 Å². The Labute approximate surface area is 124 Å². The molecule has 3 aliphatic rings. The van der Waals surface area contributed by atoms with Crippen LogP contribution in [0.5, 0.6) is 0 Å². The third-order valence-electron chi connectivity index (χ3n) is 4.57. The molecule has 2 saturated carbocycles. The molecule has 0 spiro atoms. The van der Waals surface area contributed by atoms with Crippen molar-refractivity contribution in [3.63, 3.8) is 0 Å². The average Bonchev–Trinajstić information content (AvgIpc) is 3.34. The van der Waals surface area contributed by atoms with Crippen LogP contribution in [0.15, 0.2) is 0 Å². The zero-order valence-corrected chi connectivity index (χ0v) is 12.4. The molecule has 1 heterocycles. The average molecular weight is 293 g/mol. The normalized spacial score (nSPS) is 25.4. The first-order valence-corrected chi connectivity index (χ1v) is 8.01. The molecule has 4 amide bonds. The number of rotatable bonds is 7. The minimum atomic E-state index is -0.460. The summed E-state index contributed by atoms with van der Waals surface area (Å²) in [6.07, 6.45) is 6.18. The third kappa shape index (κ3) is 3.19. The van der Waals surface area contributed by atoms with Gasteiger partial charge in [-0.05, 0) is 43.9 Å². The molecule has 2 aliphatic carbocycles. The highest BCUT2D eigenvalue weighted by atomic mass is 16.2. The van der Waals surface area contributed by atoms with Crippen LogP contribution in [0.25, 0.3) is 0 Å². The van der Waals surface area contributed by atoms with Gasteiger partial charge in [-0.15, -0.1) is 0 Å². The Morgan fingerprint density at radius 2 is 1.90 bits per heavy atom. The van der Waals surface area contributed by atoms with Crippen LogP contribution in [-0.4, -0.2) is 41.4 Å². The van der Waals surface area contributed by atoms with Crippen LogP contribution in [0, 0.1) is 11.8 Å². The Morgan fingerprint density at radius 1 is 1.29 bits per heavy atom. The maximum absolute atomic E-state index is 12.1. The number of hydrogen-bond acceptors (Lipinski definition) is 3. The summed E-state index contributed by atoms with van der Waals surface area (Å²) in [7, 11) is 0. The molecule has 6 heteroatoms. The Balaban J connectivity index is 1.54. The second kappa shape index (κ2) is 5.66. The molecule has 2 N–H and O–H groups in total. The predicted molar refractivity (Wildman–Crippen MR) is 76.3 cm³/mol. The van der Waals surface area contributed by atoms with Gasteiger partial charge in [-0.25, -0.2) is 4.79 Å². The van der Waals surface area contributed by atoms with Crippen LogP contribution in [-0.2, 0) is 9.59 Å². The second-order valence-electron chi connectivity index (χ2n) is 6.48. The van der Waals surface area contributed by atoms with E-state index in [9.17, 15) is 14.4 Å². The molecule has 0 aromatic heterocycles. The van der Waals surface area contributed by atoms with Crippen molar-refractivity contribution < 1.29 is 14.4 Å². The summed E-state index contributed by atoms with van der Waals surface area (Å²) in [5.41, 5.74) is 0. The van der Waals surface area contributed by atoms with E-state index in [1.54, 1.807) is 0 Å². The Morgan fingerprint density at radius 3 is 2.43 bits per heavy atom. The first-order chi connectivity index (χ1) is 10.1. The number of imide groups is 1. The van der Waals surface area contributed by atoms with Crippen LogP contribution in [0.4, 0.5) is 4.79 Å². The molecule has 0 bridgehead atoms. The monoisotopic (exact) mass is 293 g/mol. The van der Waals surface area contributed by atoms with Gasteiger partial charge in [0, 0.05) is 6.04 Å². The smallest absolute Gasteiger partial charge is 0.325 e. The summed E-state index contributed by atoms with van der Waals surface area (Å²) < 4.78 is 0. The quantitative estimate of drug-likeness (QED) is 0.688. The van der Waals surface area contributed by atoms with Crippen molar-refractivity contribution in [2.45, 2.75) is 57.5 Å². The molecule has 6 nitrogen and oxygen atoms in total. The Kier molecular flexibility index (Phi) is 3.87. The van der Waals surface area contributed by atoms with Gasteiger partial charge >= 0.3 is 6.03 Å². The van der Waals surface area contributed by atoms with E-state index in [2.05, 4.69) is 10.6 Å². The van der Waals surface area contributed by atoms with Gasteiger partial charge in [0.25, 0.3) is 5.91 Å². The molecule has 0 radical (unpaired) electrons. The van der Waals surface area contributed by atoms with Gasteiger partial charge in [-0.1, -0.05) is 13.3 Å². The zero-order chi connectivity index (χ0) is 15.0. The highest BCUT2D eigenvalue weighted by Gasteiger charge is 2.43. The van der Waals surface area contributed by atoms with E-state index in [4.69, 9.17) is 0 Å². The van der Waals surface area contributed by atoms with Crippen molar-refractivity contribution in [3.8, 4) is 0 Å². The minimum absolute atomic E-state index is 0.152. The molecule has 116 valence electrons. The maximum Gasteiger partial charge on any atom is 0.325 e. The largest absolute Gasteiger partial charge is 0.351 e. The molecule has 3 rings (SSSR count). The molecule has 1 saturated heterocycles. The van der Waals surface area contributed by atoms with E-state index < -0.39 is 12.1 Å². The first-order valence-electron chi connectivity index (χ1n) is 8.01. The lowest BCUT2D eigenvalue weighted by molar-refractivity contribution is -0.132. The number of hydrogen-bond donors (Lipinski definition) is 2. The third-order valence-corrected chi connectivity index (χ3v) is 4.57. The standard InChI is InChI=1S/C15H23N3O3/c1-2-3-11-14(20)18(15(21)16-11)8-12(19)17-13(9-4-5-9)10-6-7-10/h9-11,13H,2-8H2,1H3,(H,16,21)(H,17,19). The Bertz CT molecular complexity index is 445. The van der Waals surface area contributed by atoms with Gasteiger partial charge < -0.3 is 10.6 Å². The van der Waals surface area contributed by atoms with Crippen LogP contribution >= 0.6 is 0 Å². The second-order valence-corrected chi connectivity index (χ2v) is 6.48. The number of carbonyl (C=O) groups excluding carboxylic acids is 3. The van der Waals surface area contributed by atoms with Gasteiger partial charge in [-0.2, -0.15) is 0 Å². The van der Waals surface area contributed by atoms with E-state index in [1.165, 1.54) is 25.7 Å². The van der Waals surface area contributed by atoms with Crippen molar-refractivity contribution in [1.82, 2.24) is 15.5 Å². The minimum Gasteiger partial charge on any atom is -0.351 e. The van der Waals surface area contributed by atoms with Crippen LogP contribution in [0.3, 0.4) is 0 Å². The van der Waals surface area contributed by atoms with Crippen LogP contribution < -0.4 is 10.6 Å². The van der Waals surface area contributed by atoms with Crippen molar-refractivity contribution in [2.24, 2.45) is 11.8 Å². The summed E-state index contributed by atoms with van der Waals surface area (Å²) in [6.45, 7) is 1.81. The summed E-state index contributed by atoms with van der Waals surface area (Å²) in [6, 6.07) is -0.648. The summed E-state index contributed by atoms with van der Waals surface area (Å²) in [4.78, 5) is 37.1. The predicted octanol–water partition coefficient (Wildman–Crippen LogP) is 1.01. The molecule has 1 aliphatic heterocycles. The van der Waals surface area contributed by atoms with E-state index in [0.29, 0.717) is 18.3 Å². The van der Waals surface area contributed by atoms with Crippen molar-refractivity contribution in [3.05, 3.63) is 0 Å². The van der Waals surface area contributed by atoms with E-state index in [-0.39, 0.29) is 24.4 Å². The summed E-state index contributed by atoms with van der Waals surface area (Å²) in [5, 5.41) is 5.68. The Hall–Kier alpha value is -1.59. The fourth-order valence-electron chi connectivity index (χ4n) is 3.12. The van der Waals surface area contributed by atoms with Crippen LogP contribution in [0.1, 0.15) is 45.4 Å². The zero-order valence-electron chi connectivity index (χ0n) is 12.4. The fraction of sp³-hybridized carbons (Fsp3) is 0.800. The molecule has 0 aromatic carbocycles. The van der Waals surface area contributed by atoms with Gasteiger partial charge in [0.05, 0.1) is 0 Å². The van der Waals surface area contributed by atoms with Crippen LogP contribution in [0.2, 0.25) is 0 Å². The molecular formula is C15H23N3O3. The number of nitrogens with one attached hydrogen (secondary N) is 2. The lowest BCUT2D eigenvalue weighted by Gasteiger charge is -2.19. The van der Waals surface area contributed by atoms with Gasteiger partial charge in [0.1, 0.15) is 12.6 Å². The van der Waals surface area contributed by atoms with Crippen molar-refractivity contribution in [2.75, 3.05) is 6.54 Å². The maximum atomic E-state index is 12.1. The SMILES string of the molecule is CCCC1NC(=O)N(CC(=O)NC(C2CC2)C2CC2)C1=O. The highest BCUT2D eigenvalue weighted by Crippen LogP contribution is 2.44. The number of amides is 4. The summed E-state index contributed by atoms with van der Waals surface area (Å²) in [5.74, 6) is 0.737. The van der Waals surface area contributed by atoms with E-state index in [1.807, 2.05) is 6.92 Å². The molecule has 3 fully saturated rings. The summed E-state index contributed by atoms with van der Waals surface area (Å²) >= 11 is 0. The van der Waals surface area contributed by atoms with Gasteiger partial charge in [0.2, 0.25) is 5.91 Å². The molecule has 1 atom stereocenters. The lowest BCUT2D eigenvalue weighted by Crippen LogP contribution is -2.46. The van der Waals surface area contributed by atoms with Crippen molar-refractivity contribution in [1.29, 1.82) is 0 Å². The lowest BCUT2D eigenvalue weighted by atomic mass is 10.1. The molecular weight excluding hydrogens is 270 g/mol.